The lowest BCUT2D eigenvalue weighted by atomic mass is 10.0. The first-order chi connectivity index (χ1) is 32.0. The van der Waals surface area contributed by atoms with Crippen molar-refractivity contribution in [3.63, 3.8) is 0 Å². The Balaban J connectivity index is 3.98. The zero-order chi connectivity index (χ0) is 48.5. The summed E-state index contributed by atoms with van der Waals surface area (Å²) in [5, 5.41) is 0. The van der Waals surface area contributed by atoms with Crippen molar-refractivity contribution in [2.75, 3.05) is 47.5 Å². The van der Waals surface area contributed by atoms with E-state index in [0.29, 0.717) is 17.4 Å². The zero-order valence-corrected chi connectivity index (χ0v) is 43.8. The lowest BCUT2D eigenvalue weighted by Crippen LogP contribution is -2.37. The number of rotatable bonds is 47. The Morgan fingerprint density at radius 2 is 0.864 bits per heavy atom. The van der Waals surface area contributed by atoms with Crippen LogP contribution in [0.15, 0.2) is 85.1 Å². The van der Waals surface area contributed by atoms with Crippen LogP contribution in [-0.4, -0.2) is 70.0 Å². The first-order valence-electron chi connectivity index (χ1n) is 26.3. The SMILES string of the molecule is CC/C=C\C/C=C\C/C=C\C/C=C\C/C=C\C/C=C\C/C=C\CCCCCCCCCCCCCCCC(=O)OC(COC(=O)CCCCCCCCC)COP(=O)([O-])OCC[N+](C)(C)C. The number of quaternary nitrogens is 1. The molecule has 2 atom stereocenters. The third-order valence-electron chi connectivity index (χ3n) is 10.9. The summed E-state index contributed by atoms with van der Waals surface area (Å²) in [4.78, 5) is 37.4. The number of phosphoric acid groups is 1. The molecule has 0 saturated carbocycles. The number of hydrogen-bond donors (Lipinski definition) is 0. The third kappa shape index (κ3) is 50.6. The third-order valence-corrected chi connectivity index (χ3v) is 11.9. The Hall–Kier alpha value is -2.81. The van der Waals surface area contributed by atoms with Gasteiger partial charge in [-0.3, -0.25) is 14.2 Å². The molecule has 0 spiro atoms. The molecule has 0 aliphatic carbocycles. The fourth-order valence-corrected chi connectivity index (χ4v) is 7.60. The van der Waals surface area contributed by atoms with Crippen molar-refractivity contribution >= 4 is 19.8 Å². The van der Waals surface area contributed by atoms with E-state index in [1.54, 1.807) is 0 Å². The molecule has 0 fully saturated rings. The average Bonchev–Trinajstić information content (AvgIpc) is 3.27. The first kappa shape index (κ1) is 63.2. The van der Waals surface area contributed by atoms with Crippen LogP contribution in [0.2, 0.25) is 0 Å². The predicted molar refractivity (Wildman–Crippen MR) is 277 cm³/mol. The Morgan fingerprint density at radius 1 is 0.485 bits per heavy atom. The number of carbonyl (C=O) groups is 2. The van der Waals surface area contributed by atoms with Crippen LogP contribution in [0.3, 0.4) is 0 Å². The highest BCUT2D eigenvalue weighted by atomic mass is 31.2. The second kappa shape index (κ2) is 47.3. The normalized spacial score (nSPS) is 14.1. The van der Waals surface area contributed by atoms with Crippen LogP contribution in [0.1, 0.15) is 206 Å². The number of hydrogen-bond acceptors (Lipinski definition) is 8. The Morgan fingerprint density at radius 3 is 1.29 bits per heavy atom. The molecular formula is C56H98NO8P. The maximum absolute atomic E-state index is 12.7. The van der Waals surface area contributed by atoms with Crippen LogP contribution < -0.4 is 4.89 Å². The van der Waals surface area contributed by atoms with Crippen molar-refractivity contribution < 1.29 is 42.1 Å². The summed E-state index contributed by atoms with van der Waals surface area (Å²) >= 11 is 0. The van der Waals surface area contributed by atoms with Crippen LogP contribution in [0, 0.1) is 0 Å². The van der Waals surface area contributed by atoms with Crippen molar-refractivity contribution in [3.05, 3.63) is 85.1 Å². The molecule has 0 aliphatic heterocycles. The predicted octanol–water partition coefficient (Wildman–Crippen LogP) is 15.3. The summed E-state index contributed by atoms with van der Waals surface area (Å²) in [6.07, 6.45) is 62.3. The summed E-state index contributed by atoms with van der Waals surface area (Å²) in [5.41, 5.74) is 0. The number of nitrogens with zero attached hydrogens (tertiary/aromatic N) is 1. The van der Waals surface area contributed by atoms with Gasteiger partial charge >= 0.3 is 11.9 Å². The summed E-state index contributed by atoms with van der Waals surface area (Å²) in [7, 11) is 1.16. The number of phosphoric ester groups is 1. The smallest absolute Gasteiger partial charge is 0.306 e. The summed E-state index contributed by atoms with van der Waals surface area (Å²) in [5.74, 6) is -0.844. The van der Waals surface area contributed by atoms with Gasteiger partial charge in [-0.05, 0) is 70.6 Å². The van der Waals surface area contributed by atoms with Crippen LogP contribution in [0.25, 0.3) is 0 Å². The van der Waals surface area contributed by atoms with Crippen molar-refractivity contribution in [1.82, 2.24) is 0 Å². The van der Waals surface area contributed by atoms with Gasteiger partial charge in [0.15, 0.2) is 6.10 Å². The van der Waals surface area contributed by atoms with Gasteiger partial charge in [0.1, 0.15) is 19.8 Å². The number of allylic oxidation sites excluding steroid dienone is 14. The van der Waals surface area contributed by atoms with E-state index in [9.17, 15) is 19.0 Å². The highest BCUT2D eigenvalue weighted by Crippen LogP contribution is 2.38. The molecule has 0 aliphatic rings. The van der Waals surface area contributed by atoms with Gasteiger partial charge in [-0.25, -0.2) is 0 Å². The minimum atomic E-state index is -4.62. The number of likely N-dealkylation sites (N-methyl/N-ethyl adjacent to an activating group) is 1. The molecule has 0 rings (SSSR count). The van der Waals surface area contributed by atoms with Crippen molar-refractivity contribution in [3.8, 4) is 0 Å². The lowest BCUT2D eigenvalue weighted by Gasteiger charge is -2.28. The lowest BCUT2D eigenvalue weighted by molar-refractivity contribution is -0.870. The van der Waals surface area contributed by atoms with Crippen molar-refractivity contribution in [1.29, 1.82) is 0 Å². The van der Waals surface area contributed by atoms with E-state index in [0.717, 1.165) is 83.5 Å². The molecule has 0 amide bonds. The fraction of sp³-hybridized carbons (Fsp3) is 0.714. The quantitative estimate of drug-likeness (QED) is 0.0195. The minimum absolute atomic E-state index is 0.0328. The van der Waals surface area contributed by atoms with E-state index >= 15 is 0 Å². The van der Waals surface area contributed by atoms with Crippen LogP contribution in [-0.2, 0) is 32.7 Å². The molecule has 10 heteroatoms. The second-order valence-electron chi connectivity index (χ2n) is 18.5. The minimum Gasteiger partial charge on any atom is -0.756 e. The molecule has 0 radical (unpaired) electrons. The molecule has 380 valence electrons. The molecule has 9 nitrogen and oxygen atoms in total. The Bertz CT molecular complexity index is 1390. The standard InChI is InChI=1S/C56H98NO8P/c1-6-8-10-12-14-15-16-17-18-19-20-21-22-23-24-25-26-27-28-29-30-31-32-33-34-35-36-37-38-39-40-41-43-45-47-49-56(59)65-54(53-64-66(60,61)63-51-50-57(3,4)5)52-62-55(58)48-46-44-42-13-11-9-7-2/h8,10,14-15,17-18,20-21,23-24,26-27,29-30,54H,6-7,9,11-13,16,19,22,25,28,31-53H2,1-5H3/b10-8-,15-14-,18-17-,21-20-,24-23-,27-26-,30-29-. The molecule has 0 aromatic heterocycles. The molecular weight excluding hydrogens is 846 g/mol. The highest BCUT2D eigenvalue weighted by molar-refractivity contribution is 7.45. The van der Waals surface area contributed by atoms with Crippen LogP contribution in [0.4, 0.5) is 0 Å². The number of ether oxygens (including phenoxy) is 2. The largest absolute Gasteiger partial charge is 0.756 e. The molecule has 0 heterocycles. The number of esters is 2. The van der Waals surface area contributed by atoms with Crippen molar-refractivity contribution in [2.24, 2.45) is 0 Å². The first-order valence-corrected chi connectivity index (χ1v) is 27.8. The Labute approximate surface area is 405 Å². The van der Waals surface area contributed by atoms with Crippen LogP contribution in [0.5, 0.6) is 0 Å². The van der Waals surface area contributed by atoms with Crippen molar-refractivity contribution in [2.45, 2.75) is 213 Å². The summed E-state index contributed by atoms with van der Waals surface area (Å²) < 4.78 is 33.9. The van der Waals surface area contributed by atoms with Gasteiger partial charge in [0.2, 0.25) is 0 Å². The maximum atomic E-state index is 12.7. The van der Waals surface area contributed by atoms with E-state index in [1.165, 1.54) is 89.9 Å². The van der Waals surface area contributed by atoms with Gasteiger partial charge in [0, 0.05) is 12.8 Å². The molecule has 0 aromatic carbocycles. The van der Waals surface area contributed by atoms with E-state index in [2.05, 4.69) is 98.9 Å². The van der Waals surface area contributed by atoms with Gasteiger partial charge < -0.3 is 27.9 Å². The molecule has 0 N–H and O–H groups in total. The van der Waals surface area contributed by atoms with Gasteiger partial charge in [0.25, 0.3) is 7.82 Å². The average molecular weight is 944 g/mol. The van der Waals surface area contributed by atoms with Crippen LogP contribution >= 0.6 is 7.82 Å². The topological polar surface area (TPSA) is 111 Å². The summed E-state index contributed by atoms with van der Waals surface area (Å²) in [6, 6.07) is 0. The number of unbranched alkanes of at least 4 members (excludes halogenated alkanes) is 19. The monoisotopic (exact) mass is 944 g/mol. The molecule has 0 aromatic rings. The van der Waals surface area contributed by atoms with Gasteiger partial charge in [-0.15, -0.1) is 0 Å². The number of carbonyl (C=O) groups excluding carboxylic acids is 2. The Kier molecular flexibility index (Phi) is 45.3. The van der Waals surface area contributed by atoms with E-state index in [4.69, 9.17) is 18.5 Å². The van der Waals surface area contributed by atoms with E-state index in [-0.39, 0.29) is 26.1 Å². The highest BCUT2D eigenvalue weighted by Gasteiger charge is 2.21. The van der Waals surface area contributed by atoms with E-state index < -0.39 is 32.5 Å². The molecule has 0 saturated heterocycles. The van der Waals surface area contributed by atoms with E-state index in [1.807, 2.05) is 21.1 Å². The molecule has 0 bridgehead atoms. The zero-order valence-electron chi connectivity index (χ0n) is 42.9. The fourth-order valence-electron chi connectivity index (χ4n) is 6.87. The molecule has 2 unspecified atom stereocenters. The van der Waals surface area contributed by atoms with Gasteiger partial charge in [-0.1, -0.05) is 208 Å². The van der Waals surface area contributed by atoms with Gasteiger partial charge in [-0.2, -0.15) is 0 Å². The molecule has 66 heavy (non-hydrogen) atoms. The van der Waals surface area contributed by atoms with Gasteiger partial charge in [0.05, 0.1) is 27.7 Å². The summed E-state index contributed by atoms with van der Waals surface area (Å²) in [6.45, 7) is 4.06. The second-order valence-corrected chi connectivity index (χ2v) is 19.9. The maximum Gasteiger partial charge on any atom is 0.306 e.